The van der Waals surface area contributed by atoms with Gasteiger partial charge in [0.05, 0.1) is 14.8 Å². The fourth-order valence-corrected chi connectivity index (χ4v) is 2.76. The van der Waals surface area contributed by atoms with Crippen LogP contribution in [0.2, 0.25) is 5.02 Å². The number of anilines is 1. The molecule has 0 aliphatic rings. The zero-order valence-corrected chi connectivity index (χ0v) is 10.2. The van der Waals surface area contributed by atoms with Crippen LogP contribution in [0.4, 0.5) is 5.69 Å². The number of rotatable bonds is 2. The minimum Gasteiger partial charge on any atom is -0.399 e. The van der Waals surface area contributed by atoms with Crippen molar-refractivity contribution in [2.75, 3.05) is 5.73 Å². The van der Waals surface area contributed by atoms with Crippen molar-refractivity contribution in [1.29, 1.82) is 0 Å². The molecule has 2 rings (SSSR count). The zero-order chi connectivity index (χ0) is 11.7. The van der Waals surface area contributed by atoms with E-state index >= 15 is 0 Å². The minimum atomic E-state index is 0.0297. The zero-order valence-electron chi connectivity index (χ0n) is 8.66. The first-order chi connectivity index (χ1) is 7.58. The summed E-state index contributed by atoms with van der Waals surface area (Å²) in [4.78, 5) is 12.8. The Morgan fingerprint density at radius 3 is 2.69 bits per heavy atom. The molecule has 2 N–H and O–H groups in total. The van der Waals surface area contributed by atoms with Gasteiger partial charge in [0.1, 0.15) is 0 Å². The molecule has 1 aromatic carbocycles. The van der Waals surface area contributed by atoms with Gasteiger partial charge in [-0.05, 0) is 30.7 Å². The Hall–Kier alpha value is -1.32. The van der Waals surface area contributed by atoms with Crippen LogP contribution in [-0.2, 0) is 0 Å². The van der Waals surface area contributed by atoms with E-state index in [9.17, 15) is 4.79 Å². The molecule has 2 aromatic rings. The number of Topliss-reactive ketones (excluding diaryl/α,β-unsaturated/α-hetero) is 1. The minimum absolute atomic E-state index is 0.0297. The molecule has 4 heteroatoms. The number of halogens is 1. The van der Waals surface area contributed by atoms with Crippen LogP contribution in [0.3, 0.4) is 0 Å². The monoisotopic (exact) mass is 251 g/mol. The molecule has 1 heterocycles. The van der Waals surface area contributed by atoms with Crippen molar-refractivity contribution in [2.45, 2.75) is 6.92 Å². The third kappa shape index (κ3) is 2.10. The second-order valence-electron chi connectivity index (χ2n) is 3.47. The average Bonchev–Trinajstić information content (AvgIpc) is 2.60. The van der Waals surface area contributed by atoms with Crippen molar-refractivity contribution >= 4 is 34.4 Å². The summed E-state index contributed by atoms with van der Waals surface area (Å²) in [6, 6.07) is 9.16. The number of carbonyl (C=O) groups is 1. The molecule has 82 valence electrons. The van der Waals surface area contributed by atoms with E-state index in [-0.39, 0.29) is 5.78 Å². The van der Waals surface area contributed by atoms with Crippen LogP contribution >= 0.6 is 22.9 Å². The molecule has 0 saturated heterocycles. The summed E-state index contributed by atoms with van der Waals surface area (Å²) in [6.45, 7) is 1.53. The van der Waals surface area contributed by atoms with E-state index in [4.69, 9.17) is 17.3 Å². The number of nitrogen functional groups attached to an aromatic ring is 1. The van der Waals surface area contributed by atoms with Crippen LogP contribution in [0.25, 0.3) is 10.4 Å². The Balaban J connectivity index is 2.52. The maximum absolute atomic E-state index is 11.2. The van der Waals surface area contributed by atoms with E-state index in [1.54, 1.807) is 6.07 Å². The Bertz CT molecular complexity index is 548. The van der Waals surface area contributed by atoms with Crippen molar-refractivity contribution in [3.8, 4) is 10.4 Å². The van der Waals surface area contributed by atoms with E-state index in [1.165, 1.54) is 18.3 Å². The van der Waals surface area contributed by atoms with Gasteiger partial charge in [0, 0.05) is 5.69 Å². The molecule has 2 nitrogen and oxygen atoms in total. The number of thiophene rings is 1. The standard InChI is InChI=1S/C12H10ClNOS/c1-7(15)11-6-10(13)12(16-11)8-3-2-4-9(14)5-8/h2-6H,14H2,1H3. The van der Waals surface area contributed by atoms with Gasteiger partial charge in [-0.3, -0.25) is 4.79 Å². The quantitative estimate of drug-likeness (QED) is 0.651. The molecule has 0 unspecified atom stereocenters. The van der Waals surface area contributed by atoms with Crippen LogP contribution in [0, 0.1) is 0 Å². The molecular formula is C12H10ClNOS. The van der Waals surface area contributed by atoms with Gasteiger partial charge in [0.15, 0.2) is 5.78 Å². The molecule has 0 radical (unpaired) electrons. The van der Waals surface area contributed by atoms with Gasteiger partial charge in [-0.25, -0.2) is 0 Å². The normalized spacial score (nSPS) is 10.4. The molecular weight excluding hydrogens is 242 g/mol. The molecule has 1 aromatic heterocycles. The van der Waals surface area contributed by atoms with E-state index < -0.39 is 0 Å². The van der Waals surface area contributed by atoms with Gasteiger partial charge < -0.3 is 5.73 Å². The van der Waals surface area contributed by atoms with Crippen LogP contribution in [0.1, 0.15) is 16.6 Å². The van der Waals surface area contributed by atoms with Crippen molar-refractivity contribution in [2.24, 2.45) is 0 Å². The van der Waals surface area contributed by atoms with Gasteiger partial charge in [0.2, 0.25) is 0 Å². The number of carbonyl (C=O) groups excluding carboxylic acids is 1. The highest BCUT2D eigenvalue weighted by Gasteiger charge is 2.11. The summed E-state index contributed by atoms with van der Waals surface area (Å²) in [5.41, 5.74) is 7.34. The predicted octanol–water partition coefficient (Wildman–Crippen LogP) is 3.85. The van der Waals surface area contributed by atoms with Crippen LogP contribution in [0.5, 0.6) is 0 Å². The molecule has 16 heavy (non-hydrogen) atoms. The van der Waals surface area contributed by atoms with Crippen molar-refractivity contribution < 1.29 is 4.79 Å². The molecule has 0 aliphatic heterocycles. The van der Waals surface area contributed by atoms with Gasteiger partial charge in [0.25, 0.3) is 0 Å². The molecule has 0 spiro atoms. The van der Waals surface area contributed by atoms with Crippen molar-refractivity contribution in [3.63, 3.8) is 0 Å². The maximum Gasteiger partial charge on any atom is 0.169 e. The Kier molecular flexibility index (Phi) is 2.99. The fourth-order valence-electron chi connectivity index (χ4n) is 1.42. The Labute approximate surface area is 103 Å². The lowest BCUT2D eigenvalue weighted by molar-refractivity contribution is 0.102. The van der Waals surface area contributed by atoms with Crippen molar-refractivity contribution in [1.82, 2.24) is 0 Å². The van der Waals surface area contributed by atoms with Crippen LogP contribution < -0.4 is 5.73 Å². The topological polar surface area (TPSA) is 43.1 Å². The van der Waals surface area contributed by atoms with E-state index in [0.717, 1.165) is 10.4 Å². The van der Waals surface area contributed by atoms with Gasteiger partial charge in [-0.15, -0.1) is 11.3 Å². The molecule has 0 amide bonds. The first kappa shape index (κ1) is 11.2. The highest BCUT2D eigenvalue weighted by Crippen LogP contribution is 2.36. The maximum atomic E-state index is 11.2. The molecule has 0 bridgehead atoms. The summed E-state index contributed by atoms with van der Waals surface area (Å²) >= 11 is 7.49. The molecule has 0 saturated carbocycles. The summed E-state index contributed by atoms with van der Waals surface area (Å²) < 4.78 is 0. The number of benzene rings is 1. The van der Waals surface area contributed by atoms with Gasteiger partial charge >= 0.3 is 0 Å². The summed E-state index contributed by atoms with van der Waals surface area (Å²) in [6.07, 6.45) is 0. The summed E-state index contributed by atoms with van der Waals surface area (Å²) in [5.74, 6) is 0.0297. The Morgan fingerprint density at radius 2 is 2.12 bits per heavy atom. The largest absolute Gasteiger partial charge is 0.399 e. The Morgan fingerprint density at radius 1 is 1.38 bits per heavy atom. The third-order valence-corrected chi connectivity index (χ3v) is 3.88. The number of hydrogen-bond donors (Lipinski definition) is 1. The van der Waals surface area contributed by atoms with Crippen molar-refractivity contribution in [3.05, 3.63) is 40.2 Å². The van der Waals surface area contributed by atoms with Crippen LogP contribution in [0.15, 0.2) is 30.3 Å². The lowest BCUT2D eigenvalue weighted by Gasteiger charge is -1.99. The second-order valence-corrected chi connectivity index (χ2v) is 4.93. The number of hydrogen-bond acceptors (Lipinski definition) is 3. The van der Waals surface area contributed by atoms with E-state index in [0.29, 0.717) is 15.6 Å². The summed E-state index contributed by atoms with van der Waals surface area (Å²) in [5, 5.41) is 0.598. The molecule has 0 atom stereocenters. The molecule has 0 aliphatic carbocycles. The predicted molar refractivity (Wildman–Crippen MR) is 69.2 cm³/mol. The molecule has 0 fully saturated rings. The fraction of sp³-hybridized carbons (Fsp3) is 0.0833. The first-order valence-corrected chi connectivity index (χ1v) is 5.93. The number of ketones is 1. The smallest absolute Gasteiger partial charge is 0.169 e. The van der Waals surface area contributed by atoms with E-state index in [1.807, 2.05) is 24.3 Å². The van der Waals surface area contributed by atoms with E-state index in [2.05, 4.69) is 0 Å². The summed E-state index contributed by atoms with van der Waals surface area (Å²) in [7, 11) is 0. The SMILES string of the molecule is CC(=O)c1cc(Cl)c(-c2cccc(N)c2)s1. The highest BCUT2D eigenvalue weighted by atomic mass is 35.5. The lowest BCUT2D eigenvalue weighted by atomic mass is 10.1. The lowest BCUT2D eigenvalue weighted by Crippen LogP contribution is -1.84. The van der Waals surface area contributed by atoms with Crippen LogP contribution in [-0.4, -0.2) is 5.78 Å². The second kappa shape index (κ2) is 4.28. The third-order valence-electron chi connectivity index (χ3n) is 2.18. The average molecular weight is 252 g/mol. The van der Waals surface area contributed by atoms with Gasteiger partial charge in [-0.2, -0.15) is 0 Å². The highest BCUT2D eigenvalue weighted by molar-refractivity contribution is 7.18. The van der Waals surface area contributed by atoms with Gasteiger partial charge in [-0.1, -0.05) is 23.7 Å². The number of nitrogens with two attached hydrogens (primary N) is 1. The first-order valence-electron chi connectivity index (χ1n) is 4.74.